The maximum absolute atomic E-state index is 11.0. The smallest absolute Gasteiger partial charge is 0.219 e. The van der Waals surface area contributed by atoms with E-state index in [-0.39, 0.29) is 5.91 Å². The highest BCUT2D eigenvalue weighted by molar-refractivity contribution is 5.75. The van der Waals surface area contributed by atoms with Crippen molar-refractivity contribution in [3.8, 4) is 0 Å². The van der Waals surface area contributed by atoms with Gasteiger partial charge in [-0.3, -0.25) is 4.79 Å². The lowest BCUT2D eigenvalue weighted by Crippen LogP contribution is -2.35. The van der Waals surface area contributed by atoms with E-state index in [0.717, 1.165) is 25.4 Å². The summed E-state index contributed by atoms with van der Waals surface area (Å²) in [6.45, 7) is 4.52. The van der Waals surface area contributed by atoms with Crippen LogP contribution in [0.5, 0.6) is 0 Å². The summed E-state index contributed by atoms with van der Waals surface area (Å²) in [5.74, 6) is 0.970. The molecule has 1 aliphatic heterocycles. The van der Waals surface area contributed by atoms with Gasteiger partial charge in [0.15, 0.2) is 0 Å². The lowest BCUT2D eigenvalue weighted by Gasteiger charge is -2.29. The van der Waals surface area contributed by atoms with Crippen molar-refractivity contribution >= 4 is 5.91 Å². The van der Waals surface area contributed by atoms with Crippen LogP contribution in [-0.2, 0) is 4.79 Å². The number of likely N-dealkylation sites (tertiary alicyclic amines) is 1. The zero-order valence-corrected chi connectivity index (χ0v) is 10.6. The van der Waals surface area contributed by atoms with Gasteiger partial charge in [0.2, 0.25) is 5.91 Å². The highest BCUT2D eigenvalue weighted by Crippen LogP contribution is 2.14. The molecule has 0 atom stereocenters. The molecule has 1 rings (SSSR count). The van der Waals surface area contributed by atoms with Crippen LogP contribution < -0.4 is 10.6 Å². The van der Waals surface area contributed by atoms with Crippen LogP contribution in [0.1, 0.15) is 25.7 Å². The van der Waals surface area contributed by atoms with E-state index in [2.05, 4.69) is 22.6 Å². The molecule has 1 aliphatic rings. The average molecular weight is 227 g/mol. The Balaban J connectivity index is 1.93. The van der Waals surface area contributed by atoms with Gasteiger partial charge < -0.3 is 15.5 Å². The molecule has 1 heterocycles. The fraction of sp³-hybridized carbons (Fsp3) is 0.917. The number of nitrogens with one attached hydrogen (secondary N) is 2. The molecule has 0 radical (unpaired) electrons. The summed E-state index contributed by atoms with van der Waals surface area (Å²) in [6.07, 6.45) is 4.18. The van der Waals surface area contributed by atoms with Crippen molar-refractivity contribution in [3.63, 3.8) is 0 Å². The minimum Gasteiger partial charge on any atom is -0.359 e. The highest BCUT2D eigenvalue weighted by atomic mass is 16.1. The third-order valence-corrected chi connectivity index (χ3v) is 3.31. The van der Waals surface area contributed by atoms with Crippen molar-refractivity contribution < 1.29 is 4.79 Å². The molecule has 0 aliphatic carbocycles. The maximum atomic E-state index is 11.0. The summed E-state index contributed by atoms with van der Waals surface area (Å²) in [6, 6.07) is 0. The van der Waals surface area contributed by atoms with E-state index < -0.39 is 0 Å². The molecular formula is C12H25N3O. The van der Waals surface area contributed by atoms with Gasteiger partial charge in [0.05, 0.1) is 0 Å². The summed E-state index contributed by atoms with van der Waals surface area (Å²) < 4.78 is 0. The summed E-state index contributed by atoms with van der Waals surface area (Å²) in [7, 11) is 3.88. The fourth-order valence-electron chi connectivity index (χ4n) is 2.07. The van der Waals surface area contributed by atoms with Gasteiger partial charge in [0.25, 0.3) is 0 Å². The molecule has 4 nitrogen and oxygen atoms in total. The lowest BCUT2D eigenvalue weighted by molar-refractivity contribution is -0.120. The lowest BCUT2D eigenvalue weighted by atomic mass is 9.97. The minimum atomic E-state index is 0.140. The molecule has 94 valence electrons. The zero-order chi connectivity index (χ0) is 11.8. The Bertz CT molecular complexity index is 200. The fourth-order valence-corrected chi connectivity index (χ4v) is 2.07. The second-order valence-electron chi connectivity index (χ2n) is 4.73. The number of hydrogen-bond donors (Lipinski definition) is 2. The van der Waals surface area contributed by atoms with Crippen molar-refractivity contribution in [1.82, 2.24) is 15.5 Å². The summed E-state index contributed by atoms with van der Waals surface area (Å²) in [4.78, 5) is 13.4. The third kappa shape index (κ3) is 5.47. The van der Waals surface area contributed by atoms with Gasteiger partial charge in [-0.15, -0.1) is 0 Å². The molecule has 1 saturated heterocycles. The van der Waals surface area contributed by atoms with Crippen LogP contribution in [0.15, 0.2) is 0 Å². The molecule has 2 N–H and O–H groups in total. The van der Waals surface area contributed by atoms with Gasteiger partial charge in [-0.1, -0.05) is 0 Å². The Hall–Kier alpha value is -0.610. The van der Waals surface area contributed by atoms with Crippen LogP contribution in [0.25, 0.3) is 0 Å². The molecule has 0 aromatic rings. The predicted octanol–water partition coefficient (Wildman–Crippen LogP) is 0.444. The van der Waals surface area contributed by atoms with Crippen LogP contribution >= 0.6 is 0 Å². The number of carbonyl (C=O) groups is 1. The van der Waals surface area contributed by atoms with Crippen molar-refractivity contribution in [2.45, 2.75) is 25.7 Å². The van der Waals surface area contributed by atoms with E-state index in [4.69, 9.17) is 0 Å². The maximum Gasteiger partial charge on any atom is 0.219 e. The Morgan fingerprint density at radius 2 is 2.06 bits per heavy atom. The number of piperidine rings is 1. The Morgan fingerprint density at radius 1 is 1.38 bits per heavy atom. The Kier molecular flexibility index (Phi) is 6.42. The molecule has 1 fully saturated rings. The van der Waals surface area contributed by atoms with Gasteiger partial charge >= 0.3 is 0 Å². The minimum absolute atomic E-state index is 0.140. The van der Waals surface area contributed by atoms with E-state index >= 15 is 0 Å². The molecule has 16 heavy (non-hydrogen) atoms. The summed E-state index contributed by atoms with van der Waals surface area (Å²) in [5, 5.41) is 6.09. The molecule has 1 amide bonds. The van der Waals surface area contributed by atoms with Crippen LogP contribution in [0.3, 0.4) is 0 Å². The molecular weight excluding hydrogens is 202 g/mol. The van der Waals surface area contributed by atoms with Gasteiger partial charge in [-0.05, 0) is 58.4 Å². The number of rotatable bonds is 6. The van der Waals surface area contributed by atoms with E-state index in [0.29, 0.717) is 6.42 Å². The van der Waals surface area contributed by atoms with Gasteiger partial charge in [0, 0.05) is 13.5 Å². The molecule has 0 aromatic carbocycles. The average Bonchev–Trinajstić information content (AvgIpc) is 2.31. The first-order chi connectivity index (χ1) is 7.72. The number of hydrogen-bond acceptors (Lipinski definition) is 3. The molecule has 0 unspecified atom stereocenters. The second-order valence-corrected chi connectivity index (χ2v) is 4.73. The first-order valence-corrected chi connectivity index (χ1v) is 6.32. The molecule has 0 bridgehead atoms. The Morgan fingerprint density at radius 3 is 2.69 bits per heavy atom. The van der Waals surface area contributed by atoms with Crippen molar-refractivity contribution in [2.24, 2.45) is 5.92 Å². The monoisotopic (exact) mass is 227 g/mol. The number of carbonyl (C=O) groups excluding carboxylic acids is 1. The van der Waals surface area contributed by atoms with Crippen LogP contribution in [0.4, 0.5) is 0 Å². The summed E-state index contributed by atoms with van der Waals surface area (Å²) in [5.41, 5.74) is 0. The molecule has 0 spiro atoms. The second kappa shape index (κ2) is 7.63. The van der Waals surface area contributed by atoms with Crippen LogP contribution in [0, 0.1) is 5.92 Å². The van der Waals surface area contributed by atoms with Crippen molar-refractivity contribution in [1.29, 1.82) is 0 Å². The largest absolute Gasteiger partial charge is 0.359 e. The van der Waals surface area contributed by atoms with Gasteiger partial charge in [-0.25, -0.2) is 0 Å². The standard InChI is InChI=1S/C12H25N3O/c1-13-12(16)4-3-7-14-10-11-5-8-15(2)9-6-11/h11,14H,3-10H2,1-2H3,(H,13,16). The van der Waals surface area contributed by atoms with E-state index in [1.807, 2.05) is 0 Å². The first-order valence-electron chi connectivity index (χ1n) is 6.32. The highest BCUT2D eigenvalue weighted by Gasteiger charge is 2.15. The number of amides is 1. The predicted molar refractivity (Wildman–Crippen MR) is 66.4 cm³/mol. The van der Waals surface area contributed by atoms with Crippen LogP contribution in [0.2, 0.25) is 0 Å². The van der Waals surface area contributed by atoms with Crippen molar-refractivity contribution in [3.05, 3.63) is 0 Å². The SMILES string of the molecule is CNC(=O)CCCNCC1CCN(C)CC1. The van der Waals surface area contributed by atoms with Crippen molar-refractivity contribution in [2.75, 3.05) is 40.3 Å². The van der Waals surface area contributed by atoms with Gasteiger partial charge in [0.1, 0.15) is 0 Å². The molecule has 0 saturated carbocycles. The number of nitrogens with zero attached hydrogens (tertiary/aromatic N) is 1. The quantitative estimate of drug-likeness (QED) is 0.647. The summed E-state index contributed by atoms with van der Waals surface area (Å²) >= 11 is 0. The molecule has 4 heteroatoms. The van der Waals surface area contributed by atoms with E-state index in [1.165, 1.54) is 25.9 Å². The third-order valence-electron chi connectivity index (χ3n) is 3.31. The zero-order valence-electron chi connectivity index (χ0n) is 10.6. The normalized spacial score (nSPS) is 18.6. The Labute approximate surface area is 98.8 Å². The molecule has 0 aromatic heterocycles. The van der Waals surface area contributed by atoms with Gasteiger partial charge in [-0.2, -0.15) is 0 Å². The topological polar surface area (TPSA) is 44.4 Å². The van der Waals surface area contributed by atoms with E-state index in [9.17, 15) is 4.79 Å². The van der Waals surface area contributed by atoms with Crippen LogP contribution in [-0.4, -0.2) is 51.1 Å². The first kappa shape index (κ1) is 13.5. The van der Waals surface area contributed by atoms with E-state index in [1.54, 1.807) is 7.05 Å².